The van der Waals surface area contributed by atoms with Crippen molar-refractivity contribution in [1.82, 2.24) is 9.90 Å². The van der Waals surface area contributed by atoms with E-state index >= 15 is 0 Å². The Kier molecular flexibility index (Phi) is 8.36. The molecule has 1 heterocycles. The molecular formula is C13H26N3O3+. The van der Waals surface area contributed by atoms with Gasteiger partial charge < -0.3 is 14.2 Å². The molecule has 6 heteroatoms. The van der Waals surface area contributed by atoms with Gasteiger partial charge in [0.1, 0.15) is 7.05 Å². The average Bonchev–Trinajstić information content (AvgIpc) is 2.74. The number of hydrogen-bond donors (Lipinski definition) is 0. The van der Waals surface area contributed by atoms with Crippen molar-refractivity contribution in [2.24, 2.45) is 7.05 Å². The standard InChI is InChI=1S/C13H26N3O3/c1-4-6-13-11-16(14-15(13)2)12-19-8-5-7-18-10-9-17-3/h11H,4-10,12H2,1-3H3/q+1. The molecule has 0 aliphatic heterocycles. The second-order valence-corrected chi connectivity index (χ2v) is 4.42. The zero-order valence-electron chi connectivity index (χ0n) is 12.3. The fraction of sp³-hybridized carbons (Fsp3) is 0.846. The van der Waals surface area contributed by atoms with Gasteiger partial charge in [0, 0.05) is 20.1 Å². The first-order chi connectivity index (χ1) is 9.27. The zero-order chi connectivity index (χ0) is 13.9. The molecule has 19 heavy (non-hydrogen) atoms. The van der Waals surface area contributed by atoms with Crippen molar-refractivity contribution in [2.75, 3.05) is 33.5 Å². The van der Waals surface area contributed by atoms with Crippen molar-refractivity contribution in [2.45, 2.75) is 32.9 Å². The summed E-state index contributed by atoms with van der Waals surface area (Å²) in [6.07, 6.45) is 5.10. The van der Waals surface area contributed by atoms with Gasteiger partial charge in [0.25, 0.3) is 0 Å². The van der Waals surface area contributed by atoms with Gasteiger partial charge in [0.05, 0.1) is 25.0 Å². The van der Waals surface area contributed by atoms with Crippen LogP contribution in [0.15, 0.2) is 6.20 Å². The van der Waals surface area contributed by atoms with Gasteiger partial charge >= 0.3 is 0 Å². The average molecular weight is 272 g/mol. The van der Waals surface area contributed by atoms with Gasteiger partial charge in [-0.1, -0.05) is 6.92 Å². The van der Waals surface area contributed by atoms with Crippen LogP contribution in [0, 0.1) is 0 Å². The van der Waals surface area contributed by atoms with Crippen LogP contribution in [0.4, 0.5) is 0 Å². The Hall–Kier alpha value is -0.980. The van der Waals surface area contributed by atoms with E-state index < -0.39 is 0 Å². The molecule has 1 aromatic rings. The number of methoxy groups -OCH3 is 1. The summed E-state index contributed by atoms with van der Waals surface area (Å²) >= 11 is 0. The molecule has 0 fully saturated rings. The SMILES string of the molecule is CCCc1c[n+](COCCCOCCOC)nn1C. The fourth-order valence-electron chi connectivity index (χ4n) is 1.72. The molecule has 0 saturated carbocycles. The van der Waals surface area contributed by atoms with Crippen molar-refractivity contribution in [1.29, 1.82) is 0 Å². The molecule has 0 unspecified atom stereocenters. The first-order valence-electron chi connectivity index (χ1n) is 6.85. The summed E-state index contributed by atoms with van der Waals surface area (Å²) in [4.78, 5) is 0. The highest BCUT2D eigenvalue weighted by Crippen LogP contribution is 1.96. The smallest absolute Gasteiger partial charge is 0.213 e. The van der Waals surface area contributed by atoms with Crippen LogP contribution in [0.2, 0.25) is 0 Å². The predicted molar refractivity (Wildman–Crippen MR) is 70.7 cm³/mol. The van der Waals surface area contributed by atoms with Gasteiger partial charge in [-0.15, -0.1) is 9.36 Å². The zero-order valence-corrected chi connectivity index (χ0v) is 12.3. The quantitative estimate of drug-likeness (QED) is 0.439. The molecule has 0 amide bonds. The van der Waals surface area contributed by atoms with Crippen molar-refractivity contribution in [3.63, 3.8) is 0 Å². The Labute approximate surface area is 115 Å². The monoisotopic (exact) mass is 272 g/mol. The first-order valence-corrected chi connectivity index (χ1v) is 6.85. The number of aromatic nitrogens is 3. The highest BCUT2D eigenvalue weighted by Gasteiger charge is 2.10. The molecule has 110 valence electrons. The van der Waals surface area contributed by atoms with Crippen LogP contribution in [-0.2, 0) is 34.4 Å². The minimum Gasteiger partial charge on any atom is -0.382 e. The molecule has 0 atom stereocenters. The molecule has 1 aromatic heterocycles. The van der Waals surface area contributed by atoms with E-state index in [4.69, 9.17) is 14.2 Å². The molecule has 0 aliphatic carbocycles. The number of ether oxygens (including phenoxy) is 3. The van der Waals surface area contributed by atoms with Crippen LogP contribution >= 0.6 is 0 Å². The van der Waals surface area contributed by atoms with E-state index in [1.165, 1.54) is 5.69 Å². The maximum Gasteiger partial charge on any atom is 0.213 e. The largest absolute Gasteiger partial charge is 0.382 e. The molecule has 1 rings (SSSR count). The maximum atomic E-state index is 5.55. The topological polar surface area (TPSA) is 49.4 Å². The second-order valence-electron chi connectivity index (χ2n) is 4.42. The van der Waals surface area contributed by atoms with E-state index in [1.54, 1.807) is 7.11 Å². The lowest BCUT2D eigenvalue weighted by Crippen LogP contribution is -2.37. The van der Waals surface area contributed by atoms with Crippen LogP contribution in [0.25, 0.3) is 0 Å². The van der Waals surface area contributed by atoms with Gasteiger partial charge in [0.2, 0.25) is 6.73 Å². The summed E-state index contributed by atoms with van der Waals surface area (Å²) in [6, 6.07) is 0. The Morgan fingerprint density at radius 2 is 2.00 bits per heavy atom. The van der Waals surface area contributed by atoms with E-state index in [2.05, 4.69) is 12.1 Å². The highest BCUT2D eigenvalue weighted by atomic mass is 16.5. The second kappa shape index (κ2) is 9.89. The van der Waals surface area contributed by atoms with Crippen LogP contribution in [-0.4, -0.2) is 43.4 Å². The summed E-state index contributed by atoms with van der Waals surface area (Å²) < 4.78 is 19.5. The lowest BCUT2D eigenvalue weighted by atomic mass is 10.3. The maximum absolute atomic E-state index is 5.55. The van der Waals surface area contributed by atoms with E-state index in [1.807, 2.05) is 22.6 Å². The van der Waals surface area contributed by atoms with Gasteiger partial charge in [-0.05, 0) is 12.8 Å². The fourth-order valence-corrected chi connectivity index (χ4v) is 1.72. The molecule has 0 radical (unpaired) electrons. The minimum atomic E-state index is 0.496. The van der Waals surface area contributed by atoms with Gasteiger partial charge in [0.15, 0.2) is 11.9 Å². The molecule has 0 bridgehead atoms. The van der Waals surface area contributed by atoms with Gasteiger partial charge in [-0.2, -0.15) is 0 Å². The van der Waals surface area contributed by atoms with Crippen LogP contribution in [0.5, 0.6) is 0 Å². The third kappa shape index (κ3) is 6.66. The van der Waals surface area contributed by atoms with Crippen LogP contribution in [0.1, 0.15) is 25.5 Å². The molecule has 0 N–H and O–H groups in total. The Morgan fingerprint density at radius 1 is 1.21 bits per heavy atom. The molecule has 0 aliphatic rings. The van der Waals surface area contributed by atoms with E-state index in [0.29, 0.717) is 33.2 Å². The number of hydrogen-bond acceptors (Lipinski definition) is 4. The molecule has 6 nitrogen and oxygen atoms in total. The summed E-state index contributed by atoms with van der Waals surface area (Å²) in [6.45, 7) is 5.33. The van der Waals surface area contributed by atoms with E-state index in [-0.39, 0.29) is 0 Å². The lowest BCUT2D eigenvalue weighted by molar-refractivity contribution is -0.786. The van der Waals surface area contributed by atoms with E-state index in [9.17, 15) is 0 Å². The normalized spacial score (nSPS) is 11.1. The number of nitrogens with zero attached hydrogens (tertiary/aromatic N) is 3. The summed E-state index contributed by atoms with van der Waals surface area (Å²) in [5.41, 5.74) is 1.23. The first kappa shape index (κ1) is 16.1. The lowest BCUT2D eigenvalue weighted by Gasteiger charge is -2.03. The number of aryl methyl sites for hydroxylation is 2. The van der Waals surface area contributed by atoms with E-state index in [0.717, 1.165) is 19.3 Å². The summed E-state index contributed by atoms with van der Waals surface area (Å²) in [5.74, 6) is 0. The van der Waals surface area contributed by atoms with Crippen molar-refractivity contribution >= 4 is 0 Å². The minimum absolute atomic E-state index is 0.496. The van der Waals surface area contributed by atoms with Crippen molar-refractivity contribution < 1.29 is 18.9 Å². The van der Waals surface area contributed by atoms with Gasteiger partial charge in [-0.25, -0.2) is 0 Å². The molecule has 0 aromatic carbocycles. The van der Waals surface area contributed by atoms with Gasteiger partial charge in [-0.3, -0.25) is 0 Å². The predicted octanol–water partition coefficient (Wildman–Crippen LogP) is 0.687. The Morgan fingerprint density at radius 3 is 2.74 bits per heavy atom. The van der Waals surface area contributed by atoms with Crippen molar-refractivity contribution in [3.8, 4) is 0 Å². The molecule has 0 saturated heterocycles. The van der Waals surface area contributed by atoms with Crippen molar-refractivity contribution in [3.05, 3.63) is 11.9 Å². The number of rotatable bonds is 11. The molecular weight excluding hydrogens is 246 g/mol. The highest BCUT2D eigenvalue weighted by molar-refractivity contribution is 4.89. The summed E-state index contributed by atoms with van der Waals surface area (Å²) in [5, 5.41) is 4.35. The third-order valence-corrected chi connectivity index (χ3v) is 2.70. The third-order valence-electron chi connectivity index (χ3n) is 2.70. The van der Waals surface area contributed by atoms with Crippen LogP contribution in [0.3, 0.4) is 0 Å². The van der Waals surface area contributed by atoms with Crippen LogP contribution < -0.4 is 4.68 Å². The Bertz CT molecular complexity index is 342. The summed E-state index contributed by atoms with van der Waals surface area (Å²) in [7, 11) is 3.63. The molecule has 0 spiro atoms. The Balaban J connectivity index is 2.07.